The van der Waals surface area contributed by atoms with Crippen molar-refractivity contribution in [3.05, 3.63) is 23.8 Å². The molecule has 0 heterocycles. The fourth-order valence-corrected chi connectivity index (χ4v) is 1.34. The number of anilines is 2. The summed E-state index contributed by atoms with van der Waals surface area (Å²) >= 11 is 0. The Kier molecular flexibility index (Phi) is 5.07. The first kappa shape index (κ1) is 16.7. The largest absolute Gasteiger partial charge is 0.444 e. The fraction of sp³-hybridized carbons (Fsp3) is 0.385. The van der Waals surface area contributed by atoms with Gasteiger partial charge in [-0.2, -0.15) is 0 Å². The van der Waals surface area contributed by atoms with Crippen molar-refractivity contribution in [2.75, 3.05) is 17.6 Å². The molecule has 116 valence electrons. The molecule has 1 aromatic rings. The van der Waals surface area contributed by atoms with Crippen LogP contribution >= 0.6 is 0 Å². The smallest absolute Gasteiger partial charge is 0.408 e. The van der Waals surface area contributed by atoms with Crippen molar-refractivity contribution in [2.45, 2.75) is 26.4 Å². The van der Waals surface area contributed by atoms with Gasteiger partial charge in [-0.05, 0) is 32.9 Å². The molecule has 0 saturated carbocycles. The molecule has 2 amide bonds. The minimum atomic E-state index is -1.24. The SMILES string of the molecule is CC(C)(C)OC(=O)NCC(=O)Nc1ccc(F)c(F)c1N. The van der Waals surface area contributed by atoms with Crippen molar-refractivity contribution >= 4 is 23.4 Å². The summed E-state index contributed by atoms with van der Waals surface area (Å²) in [6.45, 7) is 4.63. The first-order chi connectivity index (χ1) is 9.60. The number of carbonyl (C=O) groups excluding carboxylic acids is 2. The zero-order valence-electron chi connectivity index (χ0n) is 11.9. The van der Waals surface area contributed by atoms with Crippen molar-refractivity contribution in [3.8, 4) is 0 Å². The highest BCUT2D eigenvalue weighted by atomic mass is 19.2. The molecule has 0 bridgehead atoms. The Hall–Kier alpha value is -2.38. The maximum atomic E-state index is 13.2. The van der Waals surface area contributed by atoms with E-state index in [-0.39, 0.29) is 5.69 Å². The Morgan fingerprint density at radius 2 is 1.90 bits per heavy atom. The van der Waals surface area contributed by atoms with Crippen LogP contribution in [0.4, 0.5) is 25.0 Å². The van der Waals surface area contributed by atoms with E-state index in [4.69, 9.17) is 10.5 Å². The lowest BCUT2D eigenvalue weighted by Crippen LogP contribution is -2.37. The molecule has 0 fully saturated rings. The van der Waals surface area contributed by atoms with E-state index in [1.807, 2.05) is 0 Å². The van der Waals surface area contributed by atoms with Crippen molar-refractivity contribution in [3.63, 3.8) is 0 Å². The van der Waals surface area contributed by atoms with Crippen molar-refractivity contribution in [1.82, 2.24) is 5.32 Å². The zero-order chi connectivity index (χ0) is 16.2. The summed E-state index contributed by atoms with van der Waals surface area (Å²) < 4.78 is 31.0. The number of halogens is 2. The fourth-order valence-electron chi connectivity index (χ4n) is 1.34. The highest BCUT2D eigenvalue weighted by Gasteiger charge is 2.17. The Labute approximate surface area is 120 Å². The van der Waals surface area contributed by atoms with Gasteiger partial charge in [0.25, 0.3) is 0 Å². The number of nitrogens with two attached hydrogens (primary N) is 1. The molecule has 0 radical (unpaired) electrons. The van der Waals surface area contributed by atoms with Gasteiger partial charge in [-0.3, -0.25) is 4.79 Å². The minimum absolute atomic E-state index is 0.0788. The summed E-state index contributed by atoms with van der Waals surface area (Å²) in [5.74, 6) is -3.01. The molecule has 0 aromatic heterocycles. The number of carbonyl (C=O) groups is 2. The first-order valence-corrected chi connectivity index (χ1v) is 6.10. The molecule has 4 N–H and O–H groups in total. The predicted molar refractivity (Wildman–Crippen MR) is 73.6 cm³/mol. The second-order valence-corrected chi connectivity index (χ2v) is 5.23. The Bertz CT molecular complexity index is 556. The first-order valence-electron chi connectivity index (χ1n) is 6.10. The van der Waals surface area contributed by atoms with E-state index in [2.05, 4.69) is 10.6 Å². The summed E-state index contributed by atoms with van der Waals surface area (Å²) in [5.41, 5.74) is 4.05. The number of rotatable bonds is 3. The molecule has 0 aliphatic carbocycles. The molecular weight excluding hydrogens is 284 g/mol. The number of nitrogens with one attached hydrogen (secondary N) is 2. The van der Waals surface area contributed by atoms with E-state index >= 15 is 0 Å². The highest BCUT2D eigenvalue weighted by molar-refractivity contribution is 5.96. The second-order valence-electron chi connectivity index (χ2n) is 5.23. The molecular formula is C13H17F2N3O3. The standard InChI is InChI=1S/C13H17F2N3O3/c1-13(2,3)21-12(20)17-6-9(19)18-8-5-4-7(14)10(15)11(8)16/h4-5H,6,16H2,1-3H3,(H,17,20)(H,18,19). The van der Waals surface area contributed by atoms with E-state index in [1.54, 1.807) is 20.8 Å². The Balaban J connectivity index is 2.55. The number of hydrogen-bond donors (Lipinski definition) is 3. The van der Waals surface area contributed by atoms with Gasteiger partial charge in [0.1, 0.15) is 12.1 Å². The topological polar surface area (TPSA) is 93.4 Å². The average Bonchev–Trinajstić information content (AvgIpc) is 2.35. The van der Waals surface area contributed by atoms with Gasteiger partial charge < -0.3 is 21.1 Å². The van der Waals surface area contributed by atoms with Gasteiger partial charge in [0.05, 0.1) is 11.4 Å². The van der Waals surface area contributed by atoms with E-state index in [0.717, 1.165) is 12.1 Å². The van der Waals surface area contributed by atoms with Gasteiger partial charge in [0, 0.05) is 0 Å². The van der Waals surface area contributed by atoms with Crippen molar-refractivity contribution < 1.29 is 23.1 Å². The summed E-state index contributed by atoms with van der Waals surface area (Å²) in [6, 6.07) is 1.96. The van der Waals surface area contributed by atoms with Gasteiger partial charge in [-0.15, -0.1) is 0 Å². The molecule has 0 unspecified atom stereocenters. The Morgan fingerprint density at radius 3 is 2.48 bits per heavy atom. The van der Waals surface area contributed by atoms with Crippen LogP contribution in [0.25, 0.3) is 0 Å². The van der Waals surface area contributed by atoms with Crippen LogP contribution in [-0.2, 0) is 9.53 Å². The van der Waals surface area contributed by atoms with Gasteiger partial charge in [0.15, 0.2) is 11.6 Å². The lowest BCUT2D eigenvalue weighted by molar-refractivity contribution is -0.115. The number of hydrogen-bond acceptors (Lipinski definition) is 4. The summed E-state index contributed by atoms with van der Waals surface area (Å²) in [7, 11) is 0. The summed E-state index contributed by atoms with van der Waals surface area (Å²) in [5, 5.41) is 4.48. The third-order valence-electron chi connectivity index (χ3n) is 2.20. The molecule has 0 spiro atoms. The number of ether oxygens (including phenoxy) is 1. The van der Waals surface area contributed by atoms with Crippen LogP contribution in [0.3, 0.4) is 0 Å². The molecule has 8 heteroatoms. The van der Waals surface area contributed by atoms with E-state index < -0.39 is 41.5 Å². The van der Waals surface area contributed by atoms with Crippen LogP contribution in [0.15, 0.2) is 12.1 Å². The molecule has 1 aromatic carbocycles. The zero-order valence-corrected chi connectivity index (χ0v) is 11.9. The molecule has 21 heavy (non-hydrogen) atoms. The van der Waals surface area contributed by atoms with E-state index in [9.17, 15) is 18.4 Å². The monoisotopic (exact) mass is 301 g/mol. The normalized spacial score (nSPS) is 10.9. The molecule has 1 rings (SSSR count). The van der Waals surface area contributed by atoms with E-state index in [0.29, 0.717) is 0 Å². The van der Waals surface area contributed by atoms with Crippen molar-refractivity contribution in [1.29, 1.82) is 0 Å². The van der Waals surface area contributed by atoms with Crippen LogP contribution < -0.4 is 16.4 Å². The summed E-state index contributed by atoms with van der Waals surface area (Å²) in [6.07, 6.45) is -0.768. The summed E-state index contributed by atoms with van der Waals surface area (Å²) in [4.78, 5) is 22.9. The number of amides is 2. The maximum Gasteiger partial charge on any atom is 0.408 e. The Morgan fingerprint density at radius 1 is 1.29 bits per heavy atom. The van der Waals surface area contributed by atoms with E-state index in [1.165, 1.54) is 0 Å². The minimum Gasteiger partial charge on any atom is -0.444 e. The van der Waals surface area contributed by atoms with Gasteiger partial charge in [-0.25, -0.2) is 13.6 Å². The van der Waals surface area contributed by atoms with Gasteiger partial charge in [-0.1, -0.05) is 0 Å². The quantitative estimate of drug-likeness (QED) is 0.744. The van der Waals surface area contributed by atoms with Crippen molar-refractivity contribution in [2.24, 2.45) is 0 Å². The lowest BCUT2D eigenvalue weighted by Gasteiger charge is -2.19. The van der Waals surface area contributed by atoms with Crippen LogP contribution in [0.2, 0.25) is 0 Å². The van der Waals surface area contributed by atoms with Crippen LogP contribution in [0.5, 0.6) is 0 Å². The third-order valence-corrected chi connectivity index (χ3v) is 2.20. The highest BCUT2D eigenvalue weighted by Crippen LogP contribution is 2.23. The maximum absolute atomic E-state index is 13.2. The number of alkyl carbamates (subject to hydrolysis) is 1. The second kappa shape index (κ2) is 6.38. The number of nitrogen functional groups attached to an aromatic ring is 1. The third kappa shape index (κ3) is 5.25. The van der Waals surface area contributed by atoms with Crippen LogP contribution in [-0.4, -0.2) is 24.1 Å². The predicted octanol–water partition coefficient (Wildman–Crippen LogP) is 2.01. The van der Waals surface area contributed by atoms with Gasteiger partial charge in [0.2, 0.25) is 5.91 Å². The van der Waals surface area contributed by atoms with Crippen LogP contribution in [0, 0.1) is 11.6 Å². The van der Waals surface area contributed by atoms with Crippen LogP contribution in [0.1, 0.15) is 20.8 Å². The molecule has 0 atom stereocenters. The average molecular weight is 301 g/mol. The number of benzene rings is 1. The molecule has 0 aliphatic heterocycles. The molecule has 0 saturated heterocycles. The lowest BCUT2D eigenvalue weighted by atomic mass is 10.2. The molecule has 6 nitrogen and oxygen atoms in total. The van der Waals surface area contributed by atoms with Gasteiger partial charge >= 0.3 is 6.09 Å². The molecule has 0 aliphatic rings.